The Morgan fingerprint density at radius 1 is 1.10 bits per heavy atom. The van der Waals surface area contributed by atoms with Gasteiger partial charge in [-0.3, -0.25) is 0 Å². The molecule has 0 saturated heterocycles. The fourth-order valence-corrected chi connectivity index (χ4v) is 2.32. The summed E-state index contributed by atoms with van der Waals surface area (Å²) in [6.07, 6.45) is 3.66. The minimum Gasteiger partial charge on any atom is -0.233 e. The number of rotatable bonds is 4. The summed E-state index contributed by atoms with van der Waals surface area (Å²) < 4.78 is 16.6. The zero-order valence-corrected chi connectivity index (χ0v) is 12.0. The molecule has 3 nitrogen and oxygen atoms in total. The van der Waals surface area contributed by atoms with Gasteiger partial charge in [0.1, 0.15) is 12.4 Å². The van der Waals surface area contributed by atoms with Gasteiger partial charge in [0.25, 0.3) is 6.33 Å². The summed E-state index contributed by atoms with van der Waals surface area (Å²) in [6.45, 7) is 1.28. The fraction of sp³-hybridized carbons (Fsp3) is 0.125. The highest BCUT2D eigenvalue weighted by Gasteiger charge is 2.09. The molecule has 0 aliphatic rings. The zero-order chi connectivity index (χ0) is 14.7. The first kappa shape index (κ1) is 13.8. The Morgan fingerprint density at radius 3 is 2.62 bits per heavy atom. The van der Waals surface area contributed by atoms with E-state index in [-0.39, 0.29) is 5.82 Å². The van der Waals surface area contributed by atoms with E-state index in [2.05, 4.69) is 5.10 Å². The molecule has 106 valence electrons. The Kier molecular flexibility index (Phi) is 3.97. The highest BCUT2D eigenvalue weighted by Crippen LogP contribution is 2.15. The van der Waals surface area contributed by atoms with E-state index in [1.54, 1.807) is 18.5 Å². The quantitative estimate of drug-likeness (QED) is 0.679. The van der Waals surface area contributed by atoms with Crippen LogP contribution in [0.25, 0.3) is 0 Å². The van der Waals surface area contributed by atoms with Crippen molar-refractivity contribution in [1.82, 2.24) is 9.78 Å². The van der Waals surface area contributed by atoms with Crippen LogP contribution in [0.3, 0.4) is 0 Å². The van der Waals surface area contributed by atoms with E-state index >= 15 is 0 Å². The van der Waals surface area contributed by atoms with Crippen molar-refractivity contribution in [2.75, 3.05) is 0 Å². The molecule has 0 unspecified atom stereocenters. The molecule has 2 aromatic carbocycles. The van der Waals surface area contributed by atoms with Crippen LogP contribution in [-0.2, 0) is 13.1 Å². The van der Waals surface area contributed by atoms with Crippen molar-refractivity contribution in [1.29, 1.82) is 0 Å². The standard InChI is InChI=1S/C16H14ClFN3/c17-16-4-2-1-3-14(16)10-21-12-20(11-19-21)9-13-5-7-15(18)8-6-13/h1-8,11-12H,9-10H2/q+1. The molecule has 0 fully saturated rings. The van der Waals surface area contributed by atoms with E-state index in [9.17, 15) is 4.39 Å². The molecule has 0 radical (unpaired) electrons. The minimum atomic E-state index is -0.224. The lowest BCUT2D eigenvalue weighted by molar-refractivity contribution is -0.689. The lowest BCUT2D eigenvalue weighted by atomic mass is 10.2. The number of hydrogen-bond acceptors (Lipinski definition) is 1. The smallest absolute Gasteiger partial charge is 0.233 e. The van der Waals surface area contributed by atoms with Crippen LogP contribution in [0.5, 0.6) is 0 Å². The molecule has 1 aromatic heterocycles. The van der Waals surface area contributed by atoms with Crippen LogP contribution in [0.4, 0.5) is 4.39 Å². The number of hydrogen-bond donors (Lipinski definition) is 0. The first-order chi connectivity index (χ1) is 10.2. The van der Waals surface area contributed by atoms with E-state index in [0.29, 0.717) is 13.1 Å². The predicted octanol–water partition coefficient (Wildman–Crippen LogP) is 3.06. The molecular weight excluding hydrogens is 289 g/mol. The van der Waals surface area contributed by atoms with Gasteiger partial charge in [-0.15, -0.1) is 4.68 Å². The second-order valence-corrected chi connectivity index (χ2v) is 5.24. The van der Waals surface area contributed by atoms with Gasteiger partial charge in [-0.25, -0.2) is 8.96 Å². The van der Waals surface area contributed by atoms with Crippen LogP contribution < -0.4 is 4.57 Å². The van der Waals surface area contributed by atoms with Gasteiger partial charge in [0, 0.05) is 15.7 Å². The minimum absolute atomic E-state index is 0.224. The monoisotopic (exact) mass is 302 g/mol. The van der Waals surface area contributed by atoms with E-state index in [1.807, 2.05) is 39.8 Å². The average molecular weight is 303 g/mol. The van der Waals surface area contributed by atoms with Gasteiger partial charge in [-0.1, -0.05) is 41.9 Å². The van der Waals surface area contributed by atoms with Gasteiger partial charge < -0.3 is 0 Å². The maximum atomic E-state index is 12.9. The highest BCUT2D eigenvalue weighted by molar-refractivity contribution is 6.31. The molecule has 0 atom stereocenters. The Hall–Kier alpha value is -2.20. The summed E-state index contributed by atoms with van der Waals surface area (Å²) in [5.74, 6) is -0.224. The number of benzene rings is 2. The third kappa shape index (κ3) is 3.47. The molecule has 0 spiro atoms. The average Bonchev–Trinajstić information content (AvgIpc) is 2.91. The van der Waals surface area contributed by atoms with Gasteiger partial charge in [0.15, 0.2) is 0 Å². The molecule has 3 rings (SSSR count). The number of nitrogens with zero attached hydrogens (tertiary/aromatic N) is 3. The summed E-state index contributed by atoms with van der Waals surface area (Å²) in [6, 6.07) is 14.2. The van der Waals surface area contributed by atoms with Crippen LogP contribution in [0.1, 0.15) is 11.1 Å². The van der Waals surface area contributed by atoms with E-state index in [4.69, 9.17) is 11.6 Å². The maximum absolute atomic E-state index is 12.9. The Balaban J connectivity index is 1.72. The molecule has 21 heavy (non-hydrogen) atoms. The van der Waals surface area contributed by atoms with E-state index in [1.165, 1.54) is 12.1 Å². The normalized spacial score (nSPS) is 10.8. The lowest BCUT2D eigenvalue weighted by Gasteiger charge is -1.99. The van der Waals surface area contributed by atoms with Crippen molar-refractivity contribution < 1.29 is 8.96 Å². The summed E-state index contributed by atoms with van der Waals surface area (Å²) >= 11 is 6.14. The highest BCUT2D eigenvalue weighted by atomic mass is 35.5. The van der Waals surface area contributed by atoms with Crippen LogP contribution in [0.15, 0.2) is 61.2 Å². The van der Waals surface area contributed by atoms with Crippen molar-refractivity contribution >= 4 is 11.6 Å². The van der Waals surface area contributed by atoms with Gasteiger partial charge in [0.2, 0.25) is 6.33 Å². The lowest BCUT2D eigenvalue weighted by Crippen LogP contribution is -2.31. The fourth-order valence-electron chi connectivity index (χ4n) is 2.13. The van der Waals surface area contributed by atoms with Crippen LogP contribution in [0.2, 0.25) is 5.02 Å². The van der Waals surface area contributed by atoms with Crippen LogP contribution in [0, 0.1) is 5.82 Å². The number of aromatic nitrogens is 3. The van der Waals surface area contributed by atoms with Gasteiger partial charge in [0.05, 0.1) is 6.54 Å². The molecule has 0 N–H and O–H groups in total. The van der Waals surface area contributed by atoms with E-state index < -0.39 is 0 Å². The molecule has 3 aromatic rings. The molecular formula is C16H14ClFN3+. The molecule has 1 heterocycles. The Bertz CT molecular complexity index is 737. The summed E-state index contributed by atoms with van der Waals surface area (Å²) in [7, 11) is 0. The number of halogens is 2. The SMILES string of the molecule is Fc1ccc(C[n+]2cnn(Cc3ccccc3Cl)c2)cc1. The zero-order valence-electron chi connectivity index (χ0n) is 11.3. The van der Waals surface area contributed by atoms with Crippen LogP contribution in [-0.4, -0.2) is 9.78 Å². The Morgan fingerprint density at radius 2 is 1.86 bits per heavy atom. The summed E-state index contributed by atoms with van der Waals surface area (Å²) in [5.41, 5.74) is 2.05. The molecule has 0 aliphatic carbocycles. The van der Waals surface area contributed by atoms with Gasteiger partial charge in [-0.05, 0) is 23.8 Å². The third-order valence-electron chi connectivity index (χ3n) is 3.20. The topological polar surface area (TPSA) is 21.7 Å². The van der Waals surface area contributed by atoms with Crippen LogP contribution >= 0.6 is 11.6 Å². The molecule has 0 bridgehead atoms. The van der Waals surface area contributed by atoms with E-state index in [0.717, 1.165) is 16.1 Å². The Labute approximate surface area is 127 Å². The van der Waals surface area contributed by atoms with Crippen molar-refractivity contribution in [3.63, 3.8) is 0 Å². The predicted molar refractivity (Wildman–Crippen MR) is 78.5 cm³/mol. The third-order valence-corrected chi connectivity index (χ3v) is 3.57. The van der Waals surface area contributed by atoms with Crippen molar-refractivity contribution in [2.45, 2.75) is 13.1 Å². The second-order valence-electron chi connectivity index (χ2n) is 4.83. The maximum Gasteiger partial charge on any atom is 0.265 e. The van der Waals surface area contributed by atoms with Crippen molar-refractivity contribution in [3.05, 3.63) is 83.2 Å². The van der Waals surface area contributed by atoms with Gasteiger partial charge in [-0.2, -0.15) is 0 Å². The first-order valence-corrected chi connectivity index (χ1v) is 6.98. The largest absolute Gasteiger partial charge is 0.265 e. The first-order valence-electron chi connectivity index (χ1n) is 6.60. The van der Waals surface area contributed by atoms with Crippen molar-refractivity contribution in [2.24, 2.45) is 0 Å². The molecule has 5 heteroatoms. The van der Waals surface area contributed by atoms with Crippen molar-refractivity contribution in [3.8, 4) is 0 Å². The molecule has 0 amide bonds. The molecule has 0 saturated carbocycles. The second kappa shape index (κ2) is 6.06. The summed E-state index contributed by atoms with van der Waals surface area (Å²) in [5, 5.41) is 5.05. The van der Waals surface area contributed by atoms with Gasteiger partial charge >= 0.3 is 0 Å². The molecule has 0 aliphatic heterocycles. The summed E-state index contributed by atoms with van der Waals surface area (Å²) in [4.78, 5) is 0.